The van der Waals surface area contributed by atoms with Crippen molar-refractivity contribution < 1.29 is 19.0 Å². The van der Waals surface area contributed by atoms with E-state index in [0.29, 0.717) is 29.4 Å². The molecule has 0 radical (unpaired) electrons. The van der Waals surface area contributed by atoms with Crippen LogP contribution in [0.2, 0.25) is 0 Å². The molecule has 0 spiro atoms. The van der Waals surface area contributed by atoms with E-state index in [1.165, 1.54) is 18.1 Å². The summed E-state index contributed by atoms with van der Waals surface area (Å²) in [5, 5.41) is 2.30. The maximum atomic E-state index is 12.1. The lowest BCUT2D eigenvalue weighted by molar-refractivity contribution is 0.0941. The number of fused-ring (bicyclic) bond motifs is 1. The minimum atomic E-state index is -0.113. The first kappa shape index (κ1) is 20.7. The molecule has 28 heavy (non-hydrogen) atoms. The van der Waals surface area contributed by atoms with E-state index in [4.69, 9.17) is 14.2 Å². The number of methoxy groups -OCH3 is 2. The van der Waals surface area contributed by atoms with Crippen molar-refractivity contribution in [1.29, 1.82) is 0 Å². The fraction of sp³-hybridized carbons (Fsp3) is 0.286. The topological polar surface area (TPSA) is 49.7 Å². The van der Waals surface area contributed by atoms with Crippen LogP contribution >= 0.6 is 31.9 Å². The van der Waals surface area contributed by atoms with Crippen LogP contribution in [0.3, 0.4) is 0 Å². The molecule has 0 aliphatic carbocycles. The average molecular weight is 511 g/mol. The molecule has 0 atom stereocenters. The number of ether oxygens (including phenoxy) is 3. The van der Waals surface area contributed by atoms with Crippen molar-refractivity contribution in [2.24, 2.45) is 0 Å². The van der Waals surface area contributed by atoms with Gasteiger partial charge in [-0.3, -0.25) is 9.36 Å². The van der Waals surface area contributed by atoms with E-state index in [0.717, 1.165) is 21.6 Å². The van der Waals surface area contributed by atoms with E-state index < -0.39 is 0 Å². The lowest BCUT2D eigenvalue weighted by atomic mass is 10.1. The number of aromatic nitrogens is 1. The fourth-order valence-corrected chi connectivity index (χ4v) is 3.80. The summed E-state index contributed by atoms with van der Waals surface area (Å²) >= 11 is 7.02. The van der Waals surface area contributed by atoms with Crippen molar-refractivity contribution in [2.75, 3.05) is 14.2 Å². The predicted octanol–water partition coefficient (Wildman–Crippen LogP) is 5.69. The van der Waals surface area contributed by atoms with Gasteiger partial charge in [0.15, 0.2) is 0 Å². The van der Waals surface area contributed by atoms with Gasteiger partial charge in [-0.15, -0.1) is 0 Å². The third kappa shape index (κ3) is 4.20. The van der Waals surface area contributed by atoms with Crippen molar-refractivity contribution in [1.82, 2.24) is 4.57 Å². The Morgan fingerprint density at radius 1 is 0.929 bits per heavy atom. The SMILES string of the molecule is COc1cc(OC)c2c(OCc3cc(CBr)cc(CBr)c3)cn(C(C)=O)c2c1. The lowest BCUT2D eigenvalue weighted by Gasteiger charge is -2.11. The van der Waals surface area contributed by atoms with Crippen molar-refractivity contribution in [3.8, 4) is 17.2 Å². The van der Waals surface area contributed by atoms with Gasteiger partial charge in [0, 0.05) is 29.7 Å². The van der Waals surface area contributed by atoms with E-state index >= 15 is 0 Å². The van der Waals surface area contributed by atoms with Crippen LogP contribution in [0.25, 0.3) is 10.9 Å². The summed E-state index contributed by atoms with van der Waals surface area (Å²) in [6, 6.07) is 9.94. The average Bonchev–Trinajstić information content (AvgIpc) is 3.10. The van der Waals surface area contributed by atoms with E-state index in [9.17, 15) is 4.79 Å². The van der Waals surface area contributed by atoms with Gasteiger partial charge in [0.25, 0.3) is 0 Å². The molecule has 7 heteroatoms. The van der Waals surface area contributed by atoms with Crippen LogP contribution < -0.4 is 14.2 Å². The highest BCUT2D eigenvalue weighted by atomic mass is 79.9. The minimum absolute atomic E-state index is 0.113. The monoisotopic (exact) mass is 509 g/mol. The van der Waals surface area contributed by atoms with E-state index in [1.54, 1.807) is 37.1 Å². The van der Waals surface area contributed by atoms with Crippen molar-refractivity contribution >= 4 is 48.7 Å². The van der Waals surface area contributed by atoms with Gasteiger partial charge in [0.1, 0.15) is 23.9 Å². The Kier molecular flexibility index (Phi) is 6.67. The molecule has 0 saturated heterocycles. The first-order chi connectivity index (χ1) is 13.5. The Bertz CT molecular complexity index is 991. The lowest BCUT2D eigenvalue weighted by Crippen LogP contribution is -2.03. The smallest absolute Gasteiger partial charge is 0.228 e. The molecular formula is C21H21Br2NO4. The highest BCUT2D eigenvalue weighted by Gasteiger charge is 2.18. The summed E-state index contributed by atoms with van der Waals surface area (Å²) in [5.41, 5.74) is 4.12. The van der Waals surface area contributed by atoms with E-state index in [1.807, 2.05) is 0 Å². The summed E-state index contributed by atoms with van der Waals surface area (Å²) in [7, 11) is 3.17. The number of rotatable bonds is 7. The number of carbonyl (C=O) groups excluding carboxylic acids is 1. The predicted molar refractivity (Wildman–Crippen MR) is 117 cm³/mol. The van der Waals surface area contributed by atoms with Crippen molar-refractivity contribution in [3.05, 3.63) is 53.2 Å². The maximum absolute atomic E-state index is 12.1. The number of nitrogens with zero attached hydrogens (tertiary/aromatic N) is 1. The van der Waals surface area contributed by atoms with Crippen LogP contribution in [-0.4, -0.2) is 24.7 Å². The minimum Gasteiger partial charge on any atom is -0.497 e. The van der Waals surface area contributed by atoms with Crippen molar-refractivity contribution in [2.45, 2.75) is 24.2 Å². The van der Waals surface area contributed by atoms with Gasteiger partial charge in [-0.05, 0) is 16.7 Å². The molecule has 0 saturated carbocycles. The van der Waals surface area contributed by atoms with Crippen LogP contribution in [0.5, 0.6) is 17.2 Å². The molecule has 1 aromatic heterocycles. The van der Waals surface area contributed by atoms with Crippen LogP contribution in [0.1, 0.15) is 28.4 Å². The molecule has 3 aromatic rings. The number of hydrogen-bond acceptors (Lipinski definition) is 4. The maximum Gasteiger partial charge on any atom is 0.228 e. The molecule has 0 unspecified atom stereocenters. The molecule has 0 aliphatic rings. The fourth-order valence-electron chi connectivity index (χ4n) is 3.15. The third-order valence-electron chi connectivity index (χ3n) is 4.42. The van der Waals surface area contributed by atoms with Crippen molar-refractivity contribution in [3.63, 3.8) is 0 Å². The number of halogens is 2. The number of carbonyl (C=O) groups is 1. The van der Waals surface area contributed by atoms with Gasteiger partial charge in [-0.1, -0.05) is 50.1 Å². The van der Waals surface area contributed by atoms with Gasteiger partial charge in [0.2, 0.25) is 5.91 Å². The molecule has 0 fully saturated rings. The van der Waals surface area contributed by atoms with Gasteiger partial charge in [-0.25, -0.2) is 0 Å². The number of benzene rings is 2. The largest absolute Gasteiger partial charge is 0.497 e. The van der Waals surface area contributed by atoms with Crippen LogP contribution in [0, 0.1) is 0 Å². The number of alkyl halides is 2. The molecule has 5 nitrogen and oxygen atoms in total. The zero-order valence-electron chi connectivity index (χ0n) is 15.9. The Morgan fingerprint density at radius 2 is 1.57 bits per heavy atom. The summed E-state index contributed by atoms with van der Waals surface area (Å²) in [4.78, 5) is 12.1. The normalized spacial score (nSPS) is 10.9. The molecule has 0 N–H and O–H groups in total. The molecule has 1 heterocycles. The van der Waals surface area contributed by atoms with E-state index in [2.05, 4.69) is 50.1 Å². The molecule has 0 bridgehead atoms. The molecule has 0 aliphatic heterocycles. The van der Waals surface area contributed by atoms with Gasteiger partial charge < -0.3 is 14.2 Å². The Morgan fingerprint density at radius 3 is 2.11 bits per heavy atom. The summed E-state index contributed by atoms with van der Waals surface area (Å²) in [6.07, 6.45) is 1.70. The Labute approximate surface area is 180 Å². The first-order valence-electron chi connectivity index (χ1n) is 8.65. The summed E-state index contributed by atoms with van der Waals surface area (Å²) in [5.74, 6) is 1.69. The number of hydrogen-bond donors (Lipinski definition) is 0. The standard InChI is InChI=1S/C21H21Br2NO4/c1-13(25)24-11-20(21-18(24)7-17(26-2)8-19(21)27-3)28-12-16-5-14(9-22)4-15(6-16)10-23/h4-8,11H,9-10,12H2,1-3H3. The molecular weight excluding hydrogens is 490 g/mol. The molecule has 2 aromatic carbocycles. The van der Waals surface area contributed by atoms with Crippen LogP contribution in [-0.2, 0) is 17.3 Å². The highest BCUT2D eigenvalue weighted by molar-refractivity contribution is 9.08. The second-order valence-electron chi connectivity index (χ2n) is 6.32. The van der Waals surface area contributed by atoms with Gasteiger partial charge in [-0.2, -0.15) is 0 Å². The third-order valence-corrected chi connectivity index (χ3v) is 5.71. The first-order valence-corrected chi connectivity index (χ1v) is 10.9. The highest BCUT2D eigenvalue weighted by Crippen LogP contribution is 2.39. The molecule has 3 rings (SSSR count). The molecule has 148 valence electrons. The Balaban J connectivity index is 2.03. The van der Waals surface area contributed by atoms with Crippen LogP contribution in [0.4, 0.5) is 0 Å². The van der Waals surface area contributed by atoms with Gasteiger partial charge in [0.05, 0.1) is 31.3 Å². The summed E-state index contributed by atoms with van der Waals surface area (Å²) in [6.45, 7) is 1.89. The van der Waals surface area contributed by atoms with Gasteiger partial charge >= 0.3 is 0 Å². The van der Waals surface area contributed by atoms with E-state index in [-0.39, 0.29) is 5.91 Å². The zero-order chi connectivity index (χ0) is 20.3. The van der Waals surface area contributed by atoms with Crippen LogP contribution in [0.15, 0.2) is 36.5 Å². The molecule has 0 amide bonds. The second kappa shape index (κ2) is 9.01. The summed E-state index contributed by atoms with van der Waals surface area (Å²) < 4.78 is 18.5. The quantitative estimate of drug-likeness (QED) is 0.383. The Hall–Kier alpha value is -1.99. The zero-order valence-corrected chi connectivity index (χ0v) is 19.1. The second-order valence-corrected chi connectivity index (χ2v) is 7.44.